The van der Waals surface area contributed by atoms with Gasteiger partial charge in [0.25, 0.3) is 5.56 Å². The van der Waals surface area contributed by atoms with Gasteiger partial charge in [0.2, 0.25) is 29.5 Å². The lowest BCUT2D eigenvalue weighted by molar-refractivity contribution is 0.261. The highest BCUT2D eigenvalue weighted by molar-refractivity contribution is 5.97. The van der Waals surface area contributed by atoms with Gasteiger partial charge in [0.05, 0.1) is 33.5 Å². The molecule has 23 heavy (non-hydrogen) atoms. The number of amides is 2. The Kier molecular flexibility index (Phi) is 4.92. The van der Waals surface area contributed by atoms with E-state index in [0.717, 1.165) is 6.07 Å². The summed E-state index contributed by atoms with van der Waals surface area (Å²) in [7, 11) is 4.18. The van der Waals surface area contributed by atoms with Crippen LogP contribution in [0.4, 0.5) is 16.7 Å². The van der Waals surface area contributed by atoms with Crippen molar-refractivity contribution in [1.29, 1.82) is 0 Å². The third-order valence-electron chi connectivity index (χ3n) is 2.48. The number of carbonyl (C=O) groups excluding carboxylic acids is 1. The zero-order valence-corrected chi connectivity index (χ0v) is 12.5. The Morgan fingerprint density at radius 2 is 1.52 bits per heavy atom. The number of carbonyl (C=O) groups is 1. The van der Waals surface area contributed by atoms with E-state index in [1.807, 2.05) is 0 Å². The number of hydrogen-bond donors (Lipinski definition) is 3. The number of anilines is 2. The average molecular weight is 322 g/mol. The molecule has 0 aliphatic carbocycles. The summed E-state index contributed by atoms with van der Waals surface area (Å²) in [6.45, 7) is 0. The van der Waals surface area contributed by atoms with E-state index >= 15 is 0 Å². The number of nitrogens with zero attached hydrogens (tertiary/aromatic N) is 3. The van der Waals surface area contributed by atoms with E-state index < -0.39 is 11.6 Å². The van der Waals surface area contributed by atoms with Crippen molar-refractivity contribution in [3.8, 4) is 17.6 Å². The highest BCUT2D eigenvalue weighted by Gasteiger charge is 2.11. The van der Waals surface area contributed by atoms with E-state index in [2.05, 4.69) is 30.6 Å². The molecule has 2 amide bonds. The lowest BCUT2D eigenvalue weighted by Gasteiger charge is -2.08. The number of aromatic amines is 1. The number of urea groups is 1. The SMILES string of the molecule is COc1cc(OC)nc(NC(=O)Nc2nc(OC)cc(=O)[nH]2)n1. The molecule has 0 saturated carbocycles. The van der Waals surface area contributed by atoms with Gasteiger partial charge in [-0.05, 0) is 0 Å². The van der Waals surface area contributed by atoms with Crippen LogP contribution < -0.4 is 30.4 Å². The van der Waals surface area contributed by atoms with Crippen molar-refractivity contribution in [3.63, 3.8) is 0 Å². The molecule has 0 unspecified atom stereocenters. The average Bonchev–Trinajstić information content (AvgIpc) is 2.53. The van der Waals surface area contributed by atoms with Crippen molar-refractivity contribution >= 4 is 17.9 Å². The van der Waals surface area contributed by atoms with E-state index in [4.69, 9.17) is 14.2 Å². The molecule has 122 valence electrons. The summed E-state index contributed by atoms with van der Waals surface area (Å²) in [4.78, 5) is 37.3. The third kappa shape index (κ3) is 4.30. The maximum atomic E-state index is 11.9. The summed E-state index contributed by atoms with van der Waals surface area (Å²) < 4.78 is 14.8. The summed E-state index contributed by atoms with van der Waals surface area (Å²) in [6.07, 6.45) is 0. The molecule has 11 nitrogen and oxygen atoms in total. The Balaban J connectivity index is 2.13. The molecule has 0 spiro atoms. The van der Waals surface area contributed by atoms with Gasteiger partial charge in [-0.25, -0.2) is 4.79 Å². The first kappa shape index (κ1) is 16.0. The maximum absolute atomic E-state index is 11.9. The minimum atomic E-state index is -0.725. The molecule has 0 aliphatic heterocycles. The number of nitrogens with one attached hydrogen (secondary N) is 3. The smallest absolute Gasteiger partial charge is 0.328 e. The maximum Gasteiger partial charge on any atom is 0.328 e. The normalized spacial score (nSPS) is 9.87. The molecular formula is C12H14N6O5. The van der Waals surface area contributed by atoms with E-state index in [1.165, 1.54) is 27.4 Å². The molecule has 2 rings (SSSR count). The first-order chi connectivity index (χ1) is 11.0. The van der Waals surface area contributed by atoms with Crippen LogP contribution in [-0.2, 0) is 0 Å². The second-order valence-electron chi connectivity index (χ2n) is 3.99. The van der Waals surface area contributed by atoms with Crippen molar-refractivity contribution in [2.24, 2.45) is 0 Å². The predicted octanol–water partition coefficient (Wildman–Crippen LogP) is 0.230. The Labute approximate surface area is 130 Å². The van der Waals surface area contributed by atoms with E-state index in [-0.39, 0.29) is 29.5 Å². The topological polar surface area (TPSA) is 140 Å². The molecular weight excluding hydrogens is 308 g/mol. The second kappa shape index (κ2) is 7.06. The van der Waals surface area contributed by atoms with Gasteiger partial charge in [-0.1, -0.05) is 0 Å². The van der Waals surface area contributed by atoms with Crippen LogP contribution in [-0.4, -0.2) is 47.3 Å². The fourth-order valence-electron chi connectivity index (χ4n) is 1.51. The Morgan fingerprint density at radius 3 is 2.09 bits per heavy atom. The quantitative estimate of drug-likeness (QED) is 0.710. The first-order valence-electron chi connectivity index (χ1n) is 6.24. The second-order valence-corrected chi connectivity index (χ2v) is 3.99. The fraction of sp³-hybridized carbons (Fsp3) is 0.250. The molecule has 0 fully saturated rings. The van der Waals surface area contributed by atoms with Gasteiger partial charge >= 0.3 is 6.03 Å². The molecule has 2 aromatic rings. The van der Waals surface area contributed by atoms with Gasteiger partial charge in [0.15, 0.2) is 0 Å². The van der Waals surface area contributed by atoms with Gasteiger partial charge in [0.1, 0.15) is 0 Å². The summed E-state index contributed by atoms with van der Waals surface area (Å²) in [5, 5.41) is 4.68. The summed E-state index contributed by atoms with van der Waals surface area (Å²) in [5.74, 6) is 0.328. The molecule has 0 atom stereocenters. The van der Waals surface area contributed by atoms with Gasteiger partial charge in [-0.2, -0.15) is 15.0 Å². The largest absolute Gasteiger partial charge is 0.481 e. The molecule has 2 heterocycles. The van der Waals surface area contributed by atoms with Crippen molar-refractivity contribution in [2.45, 2.75) is 0 Å². The van der Waals surface area contributed by atoms with Gasteiger partial charge in [-0.3, -0.25) is 20.4 Å². The standard InChI is InChI=1S/C12H14N6O5/c1-21-7-4-6(19)13-10(14-7)17-12(20)18-11-15-8(22-2)5-9(16-11)23-3/h4-5H,1-3H3,(H3,13,14,15,16,17,18,19,20). The van der Waals surface area contributed by atoms with Crippen LogP contribution in [0.15, 0.2) is 16.9 Å². The predicted molar refractivity (Wildman–Crippen MR) is 79.2 cm³/mol. The molecule has 0 saturated heterocycles. The number of H-pyrrole nitrogens is 1. The molecule has 0 aliphatic rings. The molecule has 0 radical (unpaired) electrons. The highest BCUT2D eigenvalue weighted by Crippen LogP contribution is 2.17. The van der Waals surface area contributed by atoms with E-state index in [1.54, 1.807) is 0 Å². The Morgan fingerprint density at radius 1 is 0.957 bits per heavy atom. The zero-order valence-electron chi connectivity index (χ0n) is 12.5. The molecule has 0 aromatic carbocycles. The molecule has 0 bridgehead atoms. The number of ether oxygens (including phenoxy) is 3. The van der Waals surface area contributed by atoms with Crippen LogP contribution in [0.5, 0.6) is 17.6 Å². The van der Waals surface area contributed by atoms with Gasteiger partial charge in [-0.15, -0.1) is 0 Å². The number of methoxy groups -OCH3 is 3. The monoisotopic (exact) mass is 322 g/mol. The van der Waals surface area contributed by atoms with Gasteiger partial charge in [0, 0.05) is 0 Å². The summed E-state index contributed by atoms with van der Waals surface area (Å²) in [6, 6.07) is 1.86. The lowest BCUT2D eigenvalue weighted by Crippen LogP contribution is -2.24. The first-order valence-corrected chi connectivity index (χ1v) is 6.24. The lowest BCUT2D eigenvalue weighted by atomic mass is 10.6. The van der Waals surface area contributed by atoms with E-state index in [0.29, 0.717) is 0 Å². The van der Waals surface area contributed by atoms with Crippen LogP contribution in [0.3, 0.4) is 0 Å². The zero-order chi connectivity index (χ0) is 16.8. The van der Waals surface area contributed by atoms with Gasteiger partial charge < -0.3 is 14.2 Å². The fourth-order valence-corrected chi connectivity index (χ4v) is 1.51. The van der Waals surface area contributed by atoms with Crippen LogP contribution in [0, 0.1) is 0 Å². The summed E-state index contributed by atoms with van der Waals surface area (Å²) in [5.41, 5.74) is -0.480. The molecule has 11 heteroatoms. The number of rotatable bonds is 5. The number of aromatic nitrogens is 4. The van der Waals surface area contributed by atoms with Crippen LogP contribution in [0.1, 0.15) is 0 Å². The highest BCUT2D eigenvalue weighted by atomic mass is 16.5. The van der Waals surface area contributed by atoms with Crippen LogP contribution >= 0.6 is 0 Å². The third-order valence-corrected chi connectivity index (χ3v) is 2.48. The van der Waals surface area contributed by atoms with Crippen molar-refractivity contribution in [1.82, 2.24) is 19.9 Å². The van der Waals surface area contributed by atoms with Crippen molar-refractivity contribution < 1.29 is 19.0 Å². The van der Waals surface area contributed by atoms with Crippen molar-refractivity contribution in [2.75, 3.05) is 32.0 Å². The summed E-state index contributed by atoms with van der Waals surface area (Å²) >= 11 is 0. The van der Waals surface area contributed by atoms with Crippen molar-refractivity contribution in [3.05, 3.63) is 22.5 Å². The molecule has 2 aromatic heterocycles. The van der Waals surface area contributed by atoms with Crippen LogP contribution in [0.25, 0.3) is 0 Å². The Bertz CT molecular complexity index is 740. The molecule has 3 N–H and O–H groups in total. The number of hydrogen-bond acceptors (Lipinski definition) is 8. The minimum Gasteiger partial charge on any atom is -0.481 e. The van der Waals surface area contributed by atoms with Crippen LogP contribution in [0.2, 0.25) is 0 Å². The Hall–Kier alpha value is -3.37. The minimum absolute atomic E-state index is 0.0519. The van der Waals surface area contributed by atoms with E-state index in [9.17, 15) is 9.59 Å².